The molecule has 2 aromatic carbocycles. The molecule has 0 radical (unpaired) electrons. The number of hydrogen-bond acceptors (Lipinski definition) is 5. The van der Waals surface area contributed by atoms with Crippen LogP contribution in [0.4, 0.5) is 19.0 Å². The van der Waals surface area contributed by atoms with Crippen molar-refractivity contribution in [1.29, 1.82) is 0 Å². The molecule has 0 spiro atoms. The van der Waals surface area contributed by atoms with Gasteiger partial charge in [-0.3, -0.25) is 0 Å². The van der Waals surface area contributed by atoms with Gasteiger partial charge in [0.05, 0.1) is 29.6 Å². The zero-order valence-corrected chi connectivity index (χ0v) is 18.9. The first kappa shape index (κ1) is 22.1. The number of nitrogens with zero attached hydrogens (tertiary/aromatic N) is 2. The summed E-state index contributed by atoms with van der Waals surface area (Å²) in [5.41, 5.74) is 1.55. The SMILES string of the molecule is COc1cccc2nc(C)nc(NC(C)c3ccc(-c4ccc(C(F)(F)F)cc4C)s3)c12. The summed E-state index contributed by atoms with van der Waals surface area (Å²) in [5, 5.41) is 4.26. The van der Waals surface area contributed by atoms with E-state index < -0.39 is 11.7 Å². The molecule has 4 nitrogen and oxygen atoms in total. The Bertz CT molecular complexity index is 1280. The van der Waals surface area contributed by atoms with Gasteiger partial charge in [0, 0.05) is 9.75 Å². The zero-order valence-electron chi connectivity index (χ0n) is 18.0. The molecule has 0 aliphatic carbocycles. The van der Waals surface area contributed by atoms with Crippen molar-refractivity contribution >= 4 is 28.1 Å². The second kappa shape index (κ2) is 8.43. The quantitative estimate of drug-likeness (QED) is 0.345. The van der Waals surface area contributed by atoms with Crippen molar-refractivity contribution in [3.05, 3.63) is 70.4 Å². The number of anilines is 1. The second-order valence-electron chi connectivity index (χ2n) is 7.57. The molecule has 2 heterocycles. The summed E-state index contributed by atoms with van der Waals surface area (Å²) in [7, 11) is 1.61. The van der Waals surface area contributed by atoms with E-state index in [1.807, 2.05) is 44.2 Å². The van der Waals surface area contributed by atoms with Gasteiger partial charge in [0.15, 0.2) is 0 Å². The van der Waals surface area contributed by atoms with Crippen LogP contribution in [0.2, 0.25) is 0 Å². The van der Waals surface area contributed by atoms with Gasteiger partial charge in [-0.05, 0) is 68.3 Å². The van der Waals surface area contributed by atoms with Gasteiger partial charge in [0.1, 0.15) is 17.4 Å². The molecule has 0 aliphatic heterocycles. The van der Waals surface area contributed by atoms with E-state index in [2.05, 4.69) is 15.3 Å². The number of nitrogens with one attached hydrogen (secondary N) is 1. The maximum Gasteiger partial charge on any atom is 0.416 e. The highest BCUT2D eigenvalue weighted by molar-refractivity contribution is 7.15. The van der Waals surface area contributed by atoms with Crippen molar-refractivity contribution in [2.45, 2.75) is 33.0 Å². The highest BCUT2D eigenvalue weighted by atomic mass is 32.1. The fraction of sp³-hybridized carbons (Fsp3) is 0.250. The van der Waals surface area contributed by atoms with Crippen LogP contribution in [0.3, 0.4) is 0 Å². The van der Waals surface area contributed by atoms with Crippen molar-refractivity contribution in [3.8, 4) is 16.2 Å². The molecule has 0 saturated heterocycles. The summed E-state index contributed by atoms with van der Waals surface area (Å²) < 4.78 is 44.5. The number of benzene rings is 2. The number of rotatable bonds is 5. The summed E-state index contributed by atoms with van der Waals surface area (Å²) in [5.74, 6) is 2.01. The molecule has 1 N–H and O–H groups in total. The minimum absolute atomic E-state index is 0.0779. The first-order valence-electron chi connectivity index (χ1n) is 10.0. The van der Waals surface area contributed by atoms with E-state index in [0.717, 1.165) is 32.3 Å². The molecule has 0 saturated carbocycles. The second-order valence-corrected chi connectivity index (χ2v) is 8.68. The van der Waals surface area contributed by atoms with Gasteiger partial charge in [-0.15, -0.1) is 11.3 Å². The van der Waals surface area contributed by atoms with Crippen molar-refractivity contribution < 1.29 is 17.9 Å². The normalized spacial score (nSPS) is 12.7. The number of aromatic nitrogens is 2. The summed E-state index contributed by atoms with van der Waals surface area (Å²) in [6.07, 6.45) is -4.35. The molecule has 166 valence electrons. The van der Waals surface area contributed by atoms with Crippen LogP contribution in [-0.4, -0.2) is 17.1 Å². The third kappa shape index (κ3) is 4.27. The topological polar surface area (TPSA) is 47.0 Å². The lowest BCUT2D eigenvalue weighted by atomic mass is 10.0. The molecule has 0 aliphatic rings. The summed E-state index contributed by atoms with van der Waals surface area (Å²) in [6, 6.07) is 13.4. The maximum atomic E-state index is 13.0. The van der Waals surface area contributed by atoms with E-state index in [-0.39, 0.29) is 6.04 Å². The first-order chi connectivity index (χ1) is 15.2. The molecule has 0 fully saturated rings. The Morgan fingerprint density at radius 1 is 1.03 bits per heavy atom. The molecule has 2 aromatic heterocycles. The lowest BCUT2D eigenvalue weighted by Crippen LogP contribution is -2.08. The number of fused-ring (bicyclic) bond motifs is 1. The van der Waals surface area contributed by atoms with Crippen LogP contribution < -0.4 is 10.1 Å². The minimum Gasteiger partial charge on any atom is -0.496 e. The van der Waals surface area contributed by atoms with Crippen LogP contribution in [0.1, 0.15) is 34.8 Å². The Morgan fingerprint density at radius 3 is 2.50 bits per heavy atom. The molecule has 4 aromatic rings. The number of ether oxygens (including phenoxy) is 1. The van der Waals surface area contributed by atoms with Crippen molar-refractivity contribution in [1.82, 2.24) is 9.97 Å². The van der Waals surface area contributed by atoms with E-state index in [1.54, 1.807) is 25.4 Å². The average molecular weight is 458 g/mol. The number of halogens is 3. The number of alkyl halides is 3. The number of thiophene rings is 1. The minimum atomic E-state index is -4.35. The maximum absolute atomic E-state index is 13.0. The lowest BCUT2D eigenvalue weighted by Gasteiger charge is -2.16. The van der Waals surface area contributed by atoms with E-state index in [9.17, 15) is 13.2 Å². The van der Waals surface area contributed by atoms with Crippen molar-refractivity contribution in [2.75, 3.05) is 12.4 Å². The van der Waals surface area contributed by atoms with Gasteiger partial charge in [-0.1, -0.05) is 12.1 Å². The Labute approximate surface area is 188 Å². The van der Waals surface area contributed by atoms with Crippen LogP contribution in [0.25, 0.3) is 21.3 Å². The van der Waals surface area contributed by atoms with E-state index >= 15 is 0 Å². The third-order valence-electron chi connectivity index (χ3n) is 5.24. The molecule has 0 amide bonds. The number of hydrogen-bond donors (Lipinski definition) is 1. The number of methoxy groups -OCH3 is 1. The van der Waals surface area contributed by atoms with Crippen molar-refractivity contribution in [2.24, 2.45) is 0 Å². The highest BCUT2D eigenvalue weighted by Crippen LogP contribution is 2.38. The van der Waals surface area contributed by atoms with Gasteiger partial charge in [0.25, 0.3) is 0 Å². The largest absolute Gasteiger partial charge is 0.496 e. The van der Waals surface area contributed by atoms with Gasteiger partial charge in [-0.25, -0.2) is 9.97 Å². The van der Waals surface area contributed by atoms with Gasteiger partial charge in [-0.2, -0.15) is 13.2 Å². The zero-order chi connectivity index (χ0) is 23.0. The monoisotopic (exact) mass is 457 g/mol. The van der Waals surface area contributed by atoms with Crippen LogP contribution in [-0.2, 0) is 6.18 Å². The molecule has 4 rings (SSSR count). The van der Waals surface area contributed by atoms with E-state index in [1.165, 1.54) is 12.1 Å². The average Bonchev–Trinajstić information content (AvgIpc) is 3.22. The smallest absolute Gasteiger partial charge is 0.416 e. The van der Waals surface area contributed by atoms with Crippen LogP contribution in [0, 0.1) is 13.8 Å². The molecular weight excluding hydrogens is 435 g/mol. The van der Waals surface area contributed by atoms with Gasteiger partial charge < -0.3 is 10.1 Å². The summed E-state index contributed by atoms with van der Waals surface area (Å²) in [4.78, 5) is 11.0. The Morgan fingerprint density at radius 2 is 1.81 bits per heavy atom. The Balaban J connectivity index is 1.64. The van der Waals surface area contributed by atoms with E-state index in [0.29, 0.717) is 23.0 Å². The molecular formula is C24H22F3N3OS. The predicted octanol–water partition coefficient (Wildman–Crippen LogP) is 7.18. The molecule has 32 heavy (non-hydrogen) atoms. The van der Waals surface area contributed by atoms with Gasteiger partial charge in [0.2, 0.25) is 0 Å². The lowest BCUT2D eigenvalue weighted by molar-refractivity contribution is -0.137. The highest BCUT2D eigenvalue weighted by Gasteiger charge is 2.30. The standard InChI is InChI=1S/C24H22F3N3OS/c1-13-12-16(24(25,26)27)8-9-17(13)21-11-10-20(32-21)14(2)28-23-22-18(29-15(3)30-23)6-5-7-19(22)31-4/h5-12,14H,1-4H3,(H,28,29,30). The molecule has 1 atom stereocenters. The van der Waals surface area contributed by atoms with Crippen LogP contribution in [0.5, 0.6) is 5.75 Å². The van der Waals surface area contributed by atoms with Crippen molar-refractivity contribution in [3.63, 3.8) is 0 Å². The third-order valence-corrected chi connectivity index (χ3v) is 6.54. The predicted molar refractivity (Wildman–Crippen MR) is 122 cm³/mol. The Kier molecular flexibility index (Phi) is 5.81. The fourth-order valence-electron chi connectivity index (χ4n) is 3.67. The molecule has 8 heteroatoms. The Hall–Kier alpha value is -3.13. The number of aryl methyl sites for hydroxylation is 2. The van der Waals surface area contributed by atoms with Crippen LogP contribution in [0.15, 0.2) is 48.5 Å². The fourth-order valence-corrected chi connectivity index (χ4v) is 4.77. The first-order valence-corrected chi connectivity index (χ1v) is 10.8. The van der Waals surface area contributed by atoms with E-state index in [4.69, 9.17) is 4.74 Å². The molecule has 0 bridgehead atoms. The molecule has 1 unspecified atom stereocenters. The van der Waals surface area contributed by atoms with Crippen LogP contribution >= 0.6 is 11.3 Å². The van der Waals surface area contributed by atoms with Gasteiger partial charge >= 0.3 is 6.18 Å². The summed E-state index contributed by atoms with van der Waals surface area (Å²) >= 11 is 1.54. The summed E-state index contributed by atoms with van der Waals surface area (Å²) in [6.45, 7) is 5.56.